The van der Waals surface area contributed by atoms with Gasteiger partial charge in [-0.15, -0.1) is 10.2 Å². The summed E-state index contributed by atoms with van der Waals surface area (Å²) in [6.45, 7) is 5.40. The molecule has 0 bridgehead atoms. The highest BCUT2D eigenvalue weighted by Gasteiger charge is 2.23. The van der Waals surface area contributed by atoms with E-state index in [0.717, 1.165) is 66.0 Å². The van der Waals surface area contributed by atoms with Crippen molar-refractivity contribution in [1.29, 1.82) is 0 Å². The number of quaternary nitrogens is 2. The summed E-state index contributed by atoms with van der Waals surface area (Å²) >= 11 is 0. The maximum atomic E-state index is 4.42. The molecule has 8 nitrogen and oxygen atoms in total. The van der Waals surface area contributed by atoms with Gasteiger partial charge in [-0.2, -0.15) is 0 Å². The molecule has 0 atom stereocenters. The zero-order valence-corrected chi connectivity index (χ0v) is 25.4. The van der Waals surface area contributed by atoms with Crippen molar-refractivity contribution in [2.45, 2.75) is 32.6 Å². The number of hydrogen-bond acceptors (Lipinski definition) is 4. The molecular weight excluding hydrogens is 596 g/mol. The minimum absolute atomic E-state index is 0. The Morgan fingerprint density at radius 2 is 0.973 bits per heavy atom. The second-order valence-corrected chi connectivity index (χ2v) is 10.8. The van der Waals surface area contributed by atoms with Gasteiger partial charge in [-0.1, -0.05) is 71.1 Å². The van der Waals surface area contributed by atoms with Crippen molar-refractivity contribution in [3.05, 3.63) is 95.6 Å². The van der Waals surface area contributed by atoms with E-state index in [9.17, 15) is 0 Å². The van der Waals surface area contributed by atoms with E-state index in [1.165, 1.54) is 11.1 Å². The van der Waals surface area contributed by atoms with E-state index < -0.39 is 0 Å². The van der Waals surface area contributed by atoms with Crippen molar-refractivity contribution in [3.8, 4) is 0 Å². The Labute approximate surface area is 241 Å². The van der Waals surface area contributed by atoms with Gasteiger partial charge in [-0.3, -0.25) is 0 Å². The van der Waals surface area contributed by atoms with Crippen LogP contribution in [-0.4, -0.2) is 80.2 Å². The van der Waals surface area contributed by atoms with E-state index in [2.05, 4.69) is 110 Å². The van der Waals surface area contributed by atoms with Crippen molar-refractivity contribution in [3.63, 3.8) is 0 Å². The minimum atomic E-state index is 0. The van der Waals surface area contributed by atoms with Crippen LogP contribution in [0.4, 0.5) is 0 Å². The molecule has 0 fully saturated rings. The third-order valence-electron chi connectivity index (χ3n) is 6.25. The molecule has 0 aliphatic rings. The van der Waals surface area contributed by atoms with Gasteiger partial charge in [0.25, 0.3) is 0 Å². The number of hydrogen-bond donors (Lipinski definition) is 0. The average molecular weight is 634 g/mol. The average Bonchev–Trinajstić information content (AvgIpc) is 3.43. The van der Waals surface area contributed by atoms with Gasteiger partial charge >= 0.3 is 0 Å². The predicted octanol–water partition coefficient (Wildman–Crippen LogP) is -2.78. The number of aromatic nitrogens is 6. The lowest BCUT2D eigenvalue weighted by molar-refractivity contribution is -0.922. The zero-order valence-electron chi connectivity index (χ0n) is 22.2. The molecule has 4 rings (SSSR count). The van der Waals surface area contributed by atoms with E-state index in [1.807, 2.05) is 21.5 Å². The topological polar surface area (TPSA) is 61.4 Å². The Kier molecular flexibility index (Phi) is 11.6. The molecule has 0 aliphatic carbocycles. The van der Waals surface area contributed by atoms with Gasteiger partial charge in [0.2, 0.25) is 0 Å². The molecule has 0 saturated heterocycles. The molecule has 2 aromatic heterocycles. The summed E-state index contributed by atoms with van der Waals surface area (Å²) < 4.78 is 5.62. The first-order valence-corrected chi connectivity index (χ1v) is 12.3. The molecule has 2 aromatic carbocycles. The molecule has 0 radical (unpaired) electrons. The summed E-state index contributed by atoms with van der Waals surface area (Å²) in [5.74, 6) is 0. The number of benzene rings is 2. The molecule has 0 aliphatic heterocycles. The standard InChI is InChI=1S/C27H38N8.2BrH/c1-34(2,22-26-20-32(30-28-26)18-24-12-7-5-8-13-24)16-11-17-35(3,4)23-27-21-33(31-29-27)19-25-14-9-6-10-15-25;;/h5-10,12-15,20-21H,11,16-19,22-23H2,1-4H3;2*1H/q+2;;/p-2. The molecular formula is C27H38Br2N8. The van der Waals surface area contributed by atoms with Gasteiger partial charge in [-0.05, 0) is 11.1 Å². The number of halogens is 2. The summed E-state index contributed by atoms with van der Waals surface area (Å²) in [6.07, 6.45) is 5.27. The zero-order chi connectivity index (χ0) is 24.7. The van der Waals surface area contributed by atoms with Gasteiger partial charge in [0, 0.05) is 6.42 Å². The Balaban J connectivity index is 0.00000241. The predicted molar refractivity (Wildman–Crippen MR) is 137 cm³/mol. The maximum absolute atomic E-state index is 4.42. The van der Waals surface area contributed by atoms with Crippen molar-refractivity contribution in [2.24, 2.45) is 0 Å². The molecule has 10 heteroatoms. The molecule has 4 aromatic rings. The lowest BCUT2D eigenvalue weighted by Crippen LogP contribution is -3.00. The molecule has 2 heterocycles. The van der Waals surface area contributed by atoms with Crippen LogP contribution in [0.15, 0.2) is 73.1 Å². The monoisotopic (exact) mass is 632 g/mol. The quantitative estimate of drug-likeness (QED) is 0.159. The Morgan fingerprint density at radius 3 is 1.35 bits per heavy atom. The van der Waals surface area contributed by atoms with Crippen molar-refractivity contribution in [1.82, 2.24) is 30.0 Å². The van der Waals surface area contributed by atoms with E-state index in [-0.39, 0.29) is 34.0 Å². The van der Waals surface area contributed by atoms with Crippen LogP contribution in [0.3, 0.4) is 0 Å². The van der Waals surface area contributed by atoms with Gasteiger partial charge < -0.3 is 42.9 Å². The first-order chi connectivity index (χ1) is 16.8. The Morgan fingerprint density at radius 1 is 0.595 bits per heavy atom. The van der Waals surface area contributed by atoms with E-state index in [4.69, 9.17) is 0 Å². The van der Waals surface area contributed by atoms with Crippen LogP contribution in [0.2, 0.25) is 0 Å². The SMILES string of the molecule is C[N+](C)(CCC[N+](C)(C)Cc1cn(Cc2ccccc2)nn1)Cc1cn(Cc2ccccc2)nn1.[Br-].[Br-]. The highest BCUT2D eigenvalue weighted by atomic mass is 79.9. The number of rotatable bonds is 12. The van der Waals surface area contributed by atoms with Crippen LogP contribution in [0.5, 0.6) is 0 Å². The molecule has 0 N–H and O–H groups in total. The molecule has 37 heavy (non-hydrogen) atoms. The fourth-order valence-corrected chi connectivity index (χ4v) is 4.48. The van der Waals surface area contributed by atoms with Gasteiger partial charge in [-0.25, -0.2) is 9.36 Å². The van der Waals surface area contributed by atoms with E-state index >= 15 is 0 Å². The van der Waals surface area contributed by atoms with Gasteiger partial charge in [0.1, 0.15) is 24.5 Å². The Hall–Kier alpha value is -2.40. The van der Waals surface area contributed by atoms with E-state index in [1.54, 1.807) is 0 Å². The smallest absolute Gasteiger partial charge is 0.137 e. The fourth-order valence-electron chi connectivity index (χ4n) is 4.48. The molecule has 0 saturated carbocycles. The Bertz CT molecular complexity index is 1100. The third kappa shape index (κ3) is 10.1. The van der Waals surface area contributed by atoms with Crippen molar-refractivity contribution < 1.29 is 42.9 Å². The number of nitrogens with zero attached hydrogens (tertiary/aromatic N) is 8. The van der Waals surface area contributed by atoms with Gasteiger partial charge in [0.15, 0.2) is 0 Å². The first kappa shape index (κ1) is 30.8. The summed E-state index contributed by atoms with van der Waals surface area (Å²) in [4.78, 5) is 0. The van der Waals surface area contributed by atoms with Crippen LogP contribution in [0.1, 0.15) is 28.9 Å². The van der Waals surface area contributed by atoms with Gasteiger partial charge in [0.05, 0.1) is 66.8 Å². The van der Waals surface area contributed by atoms with Crippen molar-refractivity contribution in [2.75, 3.05) is 41.3 Å². The first-order valence-electron chi connectivity index (χ1n) is 12.3. The fraction of sp³-hybridized carbons (Fsp3) is 0.407. The summed E-state index contributed by atoms with van der Waals surface area (Å²) in [7, 11) is 9.08. The molecule has 0 unspecified atom stereocenters. The molecule has 0 spiro atoms. The summed E-state index contributed by atoms with van der Waals surface area (Å²) in [5, 5.41) is 17.5. The van der Waals surface area contributed by atoms with E-state index in [0.29, 0.717) is 0 Å². The van der Waals surface area contributed by atoms with Crippen molar-refractivity contribution >= 4 is 0 Å². The van der Waals surface area contributed by atoms with Crippen LogP contribution >= 0.6 is 0 Å². The molecule has 200 valence electrons. The summed E-state index contributed by atoms with van der Waals surface area (Å²) in [5.41, 5.74) is 4.54. The third-order valence-corrected chi connectivity index (χ3v) is 6.25. The normalized spacial score (nSPS) is 11.6. The second kappa shape index (κ2) is 13.9. The summed E-state index contributed by atoms with van der Waals surface area (Å²) in [6, 6.07) is 20.8. The van der Waals surface area contributed by atoms with Crippen LogP contribution in [-0.2, 0) is 26.2 Å². The van der Waals surface area contributed by atoms with Crippen LogP contribution < -0.4 is 34.0 Å². The minimum Gasteiger partial charge on any atom is -1.00 e. The highest BCUT2D eigenvalue weighted by Crippen LogP contribution is 2.13. The lowest BCUT2D eigenvalue weighted by atomic mass is 10.2. The highest BCUT2D eigenvalue weighted by molar-refractivity contribution is 5.15. The van der Waals surface area contributed by atoms with Crippen LogP contribution in [0.25, 0.3) is 0 Å². The largest absolute Gasteiger partial charge is 1.00 e. The molecule has 0 amide bonds. The lowest BCUT2D eigenvalue weighted by Gasteiger charge is -2.32. The van der Waals surface area contributed by atoms with Crippen LogP contribution in [0, 0.1) is 0 Å². The second-order valence-electron chi connectivity index (χ2n) is 10.8. The maximum Gasteiger partial charge on any atom is 0.137 e.